The van der Waals surface area contributed by atoms with Gasteiger partial charge in [0, 0.05) is 0 Å². The van der Waals surface area contributed by atoms with E-state index in [0.29, 0.717) is 6.42 Å². The molecule has 1 unspecified atom stereocenters. The average Bonchev–Trinajstić information content (AvgIpc) is 2.03. The van der Waals surface area contributed by atoms with Crippen LogP contribution in [0.5, 0.6) is 0 Å². The molecule has 0 aliphatic carbocycles. The van der Waals surface area contributed by atoms with E-state index in [1.807, 2.05) is 0 Å². The Labute approximate surface area is 66.7 Å². The highest BCUT2D eigenvalue weighted by Crippen LogP contribution is 2.01. The molecule has 0 spiro atoms. The number of hydrogen-bond acceptors (Lipinski definition) is 3. The number of hydroxylamine groups is 1. The van der Waals surface area contributed by atoms with E-state index in [4.69, 9.17) is 10.9 Å². The van der Waals surface area contributed by atoms with Crippen molar-refractivity contribution in [3.05, 3.63) is 0 Å². The third kappa shape index (κ3) is 4.75. The maximum atomic E-state index is 10.6. The topological polar surface area (TPSA) is 75.4 Å². The van der Waals surface area contributed by atoms with Gasteiger partial charge in [0.25, 0.3) is 5.91 Å². The minimum absolute atomic E-state index is 0.499. The number of nitrogens with one attached hydrogen (secondary N) is 1. The van der Waals surface area contributed by atoms with Crippen LogP contribution in [-0.2, 0) is 4.79 Å². The molecule has 0 rings (SSSR count). The predicted molar refractivity (Wildman–Crippen MR) is 42.0 cm³/mol. The molecule has 0 saturated heterocycles. The van der Waals surface area contributed by atoms with Gasteiger partial charge >= 0.3 is 0 Å². The summed E-state index contributed by atoms with van der Waals surface area (Å²) in [6.45, 7) is 2.08. The zero-order valence-electron chi connectivity index (χ0n) is 6.84. The molecule has 0 aromatic rings. The van der Waals surface area contributed by atoms with Gasteiger partial charge in [0.15, 0.2) is 0 Å². The first kappa shape index (κ1) is 10.4. The van der Waals surface area contributed by atoms with Gasteiger partial charge < -0.3 is 5.73 Å². The van der Waals surface area contributed by atoms with Gasteiger partial charge in [-0.2, -0.15) is 0 Å². The molecule has 0 aromatic carbocycles. The second-order valence-electron chi connectivity index (χ2n) is 2.58. The van der Waals surface area contributed by atoms with Crippen LogP contribution in [0.15, 0.2) is 0 Å². The van der Waals surface area contributed by atoms with Crippen molar-refractivity contribution in [1.82, 2.24) is 5.48 Å². The summed E-state index contributed by atoms with van der Waals surface area (Å²) in [6.07, 6.45) is 3.76. The summed E-state index contributed by atoms with van der Waals surface area (Å²) in [5.41, 5.74) is 6.92. The largest absolute Gasteiger partial charge is 0.320 e. The SMILES string of the molecule is CCCCCC(N)C(=O)NO. The minimum atomic E-state index is -0.563. The van der Waals surface area contributed by atoms with Crippen LogP contribution >= 0.6 is 0 Å². The summed E-state index contributed by atoms with van der Waals surface area (Å²) < 4.78 is 0. The number of carbonyl (C=O) groups is 1. The molecular weight excluding hydrogens is 144 g/mol. The maximum absolute atomic E-state index is 10.6. The van der Waals surface area contributed by atoms with Crippen molar-refractivity contribution >= 4 is 5.91 Å². The van der Waals surface area contributed by atoms with Crippen molar-refractivity contribution in [1.29, 1.82) is 0 Å². The highest BCUT2D eigenvalue weighted by Gasteiger charge is 2.10. The van der Waals surface area contributed by atoms with Gasteiger partial charge in [0.2, 0.25) is 0 Å². The van der Waals surface area contributed by atoms with E-state index in [2.05, 4.69) is 6.92 Å². The molecule has 0 fully saturated rings. The summed E-state index contributed by atoms with van der Waals surface area (Å²) in [5.74, 6) is -0.499. The number of unbranched alkanes of at least 4 members (excludes halogenated alkanes) is 2. The first-order chi connectivity index (χ1) is 5.22. The van der Waals surface area contributed by atoms with Crippen molar-refractivity contribution in [2.75, 3.05) is 0 Å². The maximum Gasteiger partial charge on any atom is 0.260 e. The number of carbonyl (C=O) groups excluding carboxylic acids is 1. The third-order valence-corrected chi connectivity index (χ3v) is 1.57. The molecule has 0 aliphatic rings. The summed E-state index contributed by atoms with van der Waals surface area (Å²) in [6, 6.07) is -0.563. The summed E-state index contributed by atoms with van der Waals surface area (Å²) >= 11 is 0. The Bertz CT molecular complexity index is 117. The molecule has 0 saturated carbocycles. The standard InChI is InChI=1S/C7H16N2O2/c1-2-3-4-5-6(8)7(10)9-11/h6,11H,2-5,8H2,1H3,(H,9,10). The lowest BCUT2D eigenvalue weighted by molar-refractivity contribution is -0.130. The Morgan fingerprint density at radius 1 is 1.64 bits per heavy atom. The smallest absolute Gasteiger partial charge is 0.260 e. The molecule has 11 heavy (non-hydrogen) atoms. The highest BCUT2D eigenvalue weighted by molar-refractivity contribution is 5.80. The monoisotopic (exact) mass is 160 g/mol. The second kappa shape index (κ2) is 6.12. The van der Waals surface area contributed by atoms with Gasteiger partial charge in [-0.25, -0.2) is 5.48 Å². The molecular formula is C7H16N2O2. The van der Waals surface area contributed by atoms with Crippen LogP contribution in [-0.4, -0.2) is 17.2 Å². The Morgan fingerprint density at radius 2 is 2.27 bits per heavy atom. The lowest BCUT2D eigenvalue weighted by atomic mass is 10.1. The van der Waals surface area contributed by atoms with E-state index in [1.165, 1.54) is 5.48 Å². The van der Waals surface area contributed by atoms with Gasteiger partial charge in [-0.3, -0.25) is 10.0 Å². The molecule has 1 atom stereocenters. The minimum Gasteiger partial charge on any atom is -0.320 e. The Morgan fingerprint density at radius 3 is 2.73 bits per heavy atom. The Balaban J connectivity index is 3.36. The van der Waals surface area contributed by atoms with Crippen LogP contribution in [0.4, 0.5) is 0 Å². The highest BCUT2D eigenvalue weighted by atomic mass is 16.5. The second-order valence-corrected chi connectivity index (χ2v) is 2.58. The van der Waals surface area contributed by atoms with E-state index in [0.717, 1.165) is 19.3 Å². The van der Waals surface area contributed by atoms with E-state index >= 15 is 0 Å². The fourth-order valence-corrected chi connectivity index (χ4v) is 0.828. The van der Waals surface area contributed by atoms with Crippen LogP contribution < -0.4 is 11.2 Å². The quantitative estimate of drug-likeness (QED) is 0.309. The molecule has 66 valence electrons. The number of rotatable bonds is 5. The van der Waals surface area contributed by atoms with Gasteiger partial charge in [-0.1, -0.05) is 26.2 Å². The molecule has 0 bridgehead atoms. The molecule has 0 aromatic heterocycles. The van der Waals surface area contributed by atoms with Crippen molar-refractivity contribution in [3.63, 3.8) is 0 Å². The number of hydrogen-bond donors (Lipinski definition) is 3. The third-order valence-electron chi connectivity index (χ3n) is 1.57. The number of amides is 1. The summed E-state index contributed by atoms with van der Waals surface area (Å²) in [4.78, 5) is 10.6. The fourth-order valence-electron chi connectivity index (χ4n) is 0.828. The molecule has 4 heteroatoms. The van der Waals surface area contributed by atoms with E-state index < -0.39 is 11.9 Å². The van der Waals surface area contributed by atoms with Gasteiger partial charge in [0.1, 0.15) is 0 Å². The lowest BCUT2D eigenvalue weighted by Crippen LogP contribution is -2.38. The summed E-state index contributed by atoms with van der Waals surface area (Å²) in [7, 11) is 0. The Kier molecular flexibility index (Phi) is 5.78. The zero-order valence-corrected chi connectivity index (χ0v) is 6.84. The van der Waals surface area contributed by atoms with Crippen LogP contribution in [0.1, 0.15) is 32.6 Å². The molecule has 4 nitrogen and oxygen atoms in total. The molecule has 0 radical (unpaired) electrons. The van der Waals surface area contributed by atoms with Crippen LogP contribution in [0.25, 0.3) is 0 Å². The van der Waals surface area contributed by atoms with Crippen LogP contribution in [0.2, 0.25) is 0 Å². The fraction of sp³-hybridized carbons (Fsp3) is 0.857. The van der Waals surface area contributed by atoms with Crippen LogP contribution in [0.3, 0.4) is 0 Å². The van der Waals surface area contributed by atoms with Gasteiger partial charge in [0.05, 0.1) is 6.04 Å². The summed E-state index contributed by atoms with van der Waals surface area (Å²) in [5, 5.41) is 8.18. The van der Waals surface area contributed by atoms with Gasteiger partial charge in [-0.15, -0.1) is 0 Å². The van der Waals surface area contributed by atoms with Crippen molar-refractivity contribution in [2.24, 2.45) is 5.73 Å². The van der Waals surface area contributed by atoms with E-state index in [-0.39, 0.29) is 0 Å². The van der Waals surface area contributed by atoms with Crippen LogP contribution in [0, 0.1) is 0 Å². The number of nitrogens with two attached hydrogens (primary N) is 1. The average molecular weight is 160 g/mol. The first-order valence-electron chi connectivity index (χ1n) is 3.92. The van der Waals surface area contributed by atoms with Gasteiger partial charge in [-0.05, 0) is 6.42 Å². The van der Waals surface area contributed by atoms with E-state index in [9.17, 15) is 4.79 Å². The lowest BCUT2D eigenvalue weighted by Gasteiger charge is -2.07. The zero-order chi connectivity index (χ0) is 8.69. The normalized spacial score (nSPS) is 12.6. The molecule has 4 N–H and O–H groups in total. The van der Waals surface area contributed by atoms with Crippen molar-refractivity contribution in [3.8, 4) is 0 Å². The molecule has 0 aliphatic heterocycles. The predicted octanol–water partition coefficient (Wildman–Crippen LogP) is 0.399. The van der Waals surface area contributed by atoms with Crippen molar-refractivity contribution < 1.29 is 10.0 Å². The molecule has 1 amide bonds. The molecule has 0 heterocycles. The first-order valence-corrected chi connectivity index (χ1v) is 3.92. The van der Waals surface area contributed by atoms with E-state index in [1.54, 1.807) is 0 Å². The van der Waals surface area contributed by atoms with Crippen molar-refractivity contribution in [2.45, 2.75) is 38.6 Å². The Hall–Kier alpha value is -0.610.